The van der Waals surface area contributed by atoms with Gasteiger partial charge in [-0.25, -0.2) is 8.42 Å². The van der Waals surface area contributed by atoms with E-state index in [1.54, 1.807) is 37.3 Å². The molecular formula is C21H26N2O3S. The van der Waals surface area contributed by atoms with Crippen LogP contribution < -0.4 is 10.0 Å². The van der Waals surface area contributed by atoms with E-state index in [9.17, 15) is 13.2 Å². The minimum absolute atomic E-state index is 0.167. The molecule has 6 heteroatoms. The number of anilines is 1. The van der Waals surface area contributed by atoms with E-state index in [4.69, 9.17) is 0 Å². The largest absolute Gasteiger partial charge is 0.349 e. The van der Waals surface area contributed by atoms with E-state index in [0.29, 0.717) is 11.1 Å². The van der Waals surface area contributed by atoms with E-state index in [1.807, 2.05) is 32.9 Å². The fourth-order valence-corrected chi connectivity index (χ4v) is 4.17. The molecule has 0 radical (unpaired) electrons. The number of amides is 1. The number of benzene rings is 2. The topological polar surface area (TPSA) is 75.3 Å². The Morgan fingerprint density at radius 1 is 1.07 bits per heavy atom. The lowest BCUT2D eigenvalue weighted by Gasteiger charge is -2.21. The zero-order chi connectivity index (χ0) is 19.8. The average molecular weight is 387 g/mol. The highest BCUT2D eigenvalue weighted by molar-refractivity contribution is 7.92. The number of nitrogens with one attached hydrogen (secondary N) is 2. The first-order chi connectivity index (χ1) is 12.6. The molecule has 3 rings (SSSR count). The molecule has 1 fully saturated rings. The molecule has 5 nitrogen and oxygen atoms in total. The smallest absolute Gasteiger partial charge is 0.262 e. The van der Waals surface area contributed by atoms with Gasteiger partial charge in [0.05, 0.1) is 16.1 Å². The molecule has 0 saturated heterocycles. The monoisotopic (exact) mass is 386 g/mol. The fraction of sp³-hybridized carbons (Fsp3) is 0.381. The van der Waals surface area contributed by atoms with Gasteiger partial charge in [0.2, 0.25) is 0 Å². The predicted molar refractivity (Wildman–Crippen MR) is 108 cm³/mol. The molecule has 2 aromatic carbocycles. The molecule has 27 heavy (non-hydrogen) atoms. The third-order valence-corrected chi connectivity index (χ3v) is 6.18. The van der Waals surface area contributed by atoms with Crippen LogP contribution in [0.1, 0.15) is 55.1 Å². The molecule has 0 spiro atoms. The second-order valence-corrected chi connectivity index (χ2v) is 9.78. The number of hydrogen-bond acceptors (Lipinski definition) is 3. The quantitative estimate of drug-likeness (QED) is 0.816. The van der Waals surface area contributed by atoms with Crippen molar-refractivity contribution in [1.29, 1.82) is 0 Å². The zero-order valence-corrected chi connectivity index (χ0v) is 17.0. The molecule has 0 atom stereocenters. The molecule has 2 N–H and O–H groups in total. The van der Waals surface area contributed by atoms with Crippen molar-refractivity contribution in [3.63, 3.8) is 0 Å². The Hall–Kier alpha value is -2.34. The normalized spacial score (nSPS) is 14.7. The standard InChI is InChI=1S/C21H26N2O3S/c1-14-9-10-15(21(2,3)4)13-19(14)27(25,26)23-18-8-6-5-7-17(18)20(24)22-16-11-12-16/h5-10,13,16,23H,11-12H2,1-4H3,(H,22,24). The van der Waals surface area contributed by atoms with Crippen molar-refractivity contribution < 1.29 is 13.2 Å². The summed E-state index contributed by atoms with van der Waals surface area (Å²) in [5.74, 6) is -0.254. The summed E-state index contributed by atoms with van der Waals surface area (Å²) in [7, 11) is -3.83. The van der Waals surface area contributed by atoms with Crippen LogP contribution >= 0.6 is 0 Å². The lowest BCUT2D eigenvalue weighted by Crippen LogP contribution is -2.27. The Morgan fingerprint density at radius 2 is 1.74 bits per heavy atom. The molecule has 0 bridgehead atoms. The van der Waals surface area contributed by atoms with Crippen LogP contribution in [0.15, 0.2) is 47.4 Å². The van der Waals surface area contributed by atoms with Crippen molar-refractivity contribution in [2.24, 2.45) is 0 Å². The number of rotatable bonds is 5. The van der Waals surface area contributed by atoms with Crippen LogP contribution in [-0.2, 0) is 15.4 Å². The first kappa shape index (κ1) is 19.4. The van der Waals surface area contributed by atoms with Gasteiger partial charge in [-0.15, -0.1) is 0 Å². The Morgan fingerprint density at radius 3 is 2.37 bits per heavy atom. The summed E-state index contributed by atoms with van der Waals surface area (Å²) in [4.78, 5) is 12.7. The van der Waals surface area contributed by atoms with Crippen LogP contribution in [-0.4, -0.2) is 20.4 Å². The SMILES string of the molecule is Cc1ccc(C(C)(C)C)cc1S(=O)(=O)Nc1ccccc1C(=O)NC1CC1. The van der Waals surface area contributed by atoms with Crippen LogP contribution in [0.25, 0.3) is 0 Å². The second-order valence-electron chi connectivity index (χ2n) is 8.13. The number of carbonyl (C=O) groups is 1. The summed E-state index contributed by atoms with van der Waals surface area (Å²) in [5.41, 5.74) is 2.05. The maximum Gasteiger partial charge on any atom is 0.262 e. The maximum atomic E-state index is 13.1. The molecule has 0 heterocycles. The molecule has 1 aliphatic carbocycles. The zero-order valence-electron chi connectivity index (χ0n) is 16.2. The summed E-state index contributed by atoms with van der Waals surface area (Å²) in [6.45, 7) is 7.89. The van der Waals surface area contributed by atoms with E-state index in [0.717, 1.165) is 18.4 Å². The van der Waals surface area contributed by atoms with Crippen molar-refractivity contribution in [1.82, 2.24) is 5.32 Å². The van der Waals surface area contributed by atoms with Gasteiger partial charge in [-0.1, -0.05) is 45.0 Å². The predicted octanol–water partition coefficient (Wildman–Crippen LogP) is 3.99. The molecule has 144 valence electrons. The Kier molecular flexibility index (Phi) is 5.04. The van der Waals surface area contributed by atoms with E-state index >= 15 is 0 Å². The first-order valence-corrected chi connectivity index (χ1v) is 10.6. The first-order valence-electron chi connectivity index (χ1n) is 9.12. The van der Waals surface area contributed by atoms with Crippen molar-refractivity contribution in [2.75, 3.05) is 4.72 Å². The van der Waals surface area contributed by atoms with Gasteiger partial charge in [-0.3, -0.25) is 9.52 Å². The van der Waals surface area contributed by atoms with Crippen molar-refractivity contribution in [3.05, 3.63) is 59.2 Å². The van der Waals surface area contributed by atoms with Crippen LogP contribution in [0, 0.1) is 6.92 Å². The van der Waals surface area contributed by atoms with Crippen LogP contribution in [0.5, 0.6) is 0 Å². The third kappa shape index (κ3) is 4.50. The number of sulfonamides is 1. The van der Waals surface area contributed by atoms with E-state index in [2.05, 4.69) is 10.0 Å². The molecule has 1 amide bonds. The molecule has 0 aromatic heterocycles. The number of hydrogen-bond donors (Lipinski definition) is 2. The summed E-state index contributed by atoms with van der Waals surface area (Å²) < 4.78 is 28.7. The molecule has 1 aliphatic rings. The van der Waals surface area contributed by atoms with Gasteiger partial charge in [-0.2, -0.15) is 0 Å². The highest BCUT2D eigenvalue weighted by Gasteiger charge is 2.26. The van der Waals surface area contributed by atoms with Crippen LogP contribution in [0.3, 0.4) is 0 Å². The number of aryl methyl sites for hydroxylation is 1. The van der Waals surface area contributed by atoms with Crippen LogP contribution in [0.2, 0.25) is 0 Å². The van der Waals surface area contributed by atoms with Gasteiger partial charge in [0.1, 0.15) is 0 Å². The van der Waals surface area contributed by atoms with Gasteiger partial charge in [-0.05, 0) is 54.5 Å². The van der Waals surface area contributed by atoms with Crippen LogP contribution in [0.4, 0.5) is 5.69 Å². The van der Waals surface area contributed by atoms with Gasteiger partial charge >= 0.3 is 0 Å². The number of carbonyl (C=O) groups excluding carboxylic acids is 1. The fourth-order valence-electron chi connectivity index (χ4n) is 2.82. The van der Waals surface area contributed by atoms with E-state index < -0.39 is 10.0 Å². The molecule has 2 aromatic rings. The van der Waals surface area contributed by atoms with Crippen molar-refractivity contribution in [3.8, 4) is 0 Å². The second kappa shape index (κ2) is 7.00. The van der Waals surface area contributed by atoms with Gasteiger partial charge in [0.25, 0.3) is 15.9 Å². The molecular weight excluding hydrogens is 360 g/mol. The lowest BCUT2D eigenvalue weighted by atomic mass is 9.87. The Bertz CT molecular complexity index is 971. The van der Waals surface area contributed by atoms with Gasteiger partial charge in [0, 0.05) is 6.04 Å². The maximum absolute atomic E-state index is 13.1. The third-order valence-electron chi connectivity index (χ3n) is 4.67. The average Bonchev–Trinajstić information content (AvgIpc) is 3.38. The molecule has 0 aliphatic heterocycles. The lowest BCUT2D eigenvalue weighted by molar-refractivity contribution is 0.0952. The Labute approximate surface area is 161 Å². The van der Waals surface area contributed by atoms with Crippen molar-refractivity contribution >= 4 is 21.6 Å². The summed E-state index contributed by atoms with van der Waals surface area (Å²) in [5, 5.41) is 2.90. The number of para-hydroxylation sites is 1. The summed E-state index contributed by atoms with van der Waals surface area (Å²) in [6.07, 6.45) is 1.94. The Balaban J connectivity index is 1.95. The minimum atomic E-state index is -3.83. The minimum Gasteiger partial charge on any atom is -0.349 e. The molecule has 1 saturated carbocycles. The highest BCUT2D eigenvalue weighted by atomic mass is 32.2. The van der Waals surface area contributed by atoms with Gasteiger partial charge < -0.3 is 5.32 Å². The van der Waals surface area contributed by atoms with Crippen molar-refractivity contribution in [2.45, 2.75) is 56.9 Å². The summed E-state index contributed by atoms with van der Waals surface area (Å²) >= 11 is 0. The van der Waals surface area contributed by atoms with Gasteiger partial charge in [0.15, 0.2) is 0 Å². The highest BCUT2D eigenvalue weighted by Crippen LogP contribution is 2.29. The van der Waals surface area contributed by atoms with E-state index in [1.165, 1.54) is 0 Å². The summed E-state index contributed by atoms with van der Waals surface area (Å²) in [6, 6.07) is 12.4. The van der Waals surface area contributed by atoms with E-state index in [-0.39, 0.29) is 27.9 Å². The molecule has 0 unspecified atom stereocenters.